The van der Waals surface area contributed by atoms with E-state index in [9.17, 15) is 4.79 Å². The second-order valence-electron chi connectivity index (χ2n) is 7.04. The lowest BCUT2D eigenvalue weighted by Crippen LogP contribution is -3.08. The van der Waals surface area contributed by atoms with Crippen molar-refractivity contribution < 1.29 is 19.2 Å². The summed E-state index contributed by atoms with van der Waals surface area (Å²) in [5, 5.41) is 0. The SMILES string of the molecule is COc1cc(C)c(C[NH+](C)CC(=O)N(C)Cc2ccc(SC)cc2)cc1OC. The molecule has 0 aliphatic rings. The number of nitrogens with one attached hydrogen (secondary N) is 1. The van der Waals surface area contributed by atoms with Gasteiger partial charge in [-0.05, 0) is 48.6 Å². The molecule has 0 fully saturated rings. The minimum Gasteiger partial charge on any atom is -0.493 e. The highest BCUT2D eigenvalue weighted by Gasteiger charge is 2.17. The first-order chi connectivity index (χ1) is 13.4. The summed E-state index contributed by atoms with van der Waals surface area (Å²) in [4.78, 5) is 16.8. The third-order valence-electron chi connectivity index (χ3n) is 4.79. The molecule has 0 spiro atoms. The second kappa shape index (κ2) is 10.4. The van der Waals surface area contributed by atoms with Crippen molar-refractivity contribution in [2.45, 2.75) is 24.9 Å². The summed E-state index contributed by atoms with van der Waals surface area (Å²) in [5.41, 5.74) is 3.42. The number of carbonyl (C=O) groups excluding carboxylic acids is 1. The van der Waals surface area contributed by atoms with Gasteiger partial charge in [-0.25, -0.2) is 0 Å². The van der Waals surface area contributed by atoms with Crippen LogP contribution in [-0.2, 0) is 17.9 Å². The Balaban J connectivity index is 1.96. The van der Waals surface area contributed by atoms with E-state index in [1.54, 1.807) is 30.9 Å². The Bertz CT molecular complexity index is 793. The van der Waals surface area contributed by atoms with Crippen molar-refractivity contribution in [3.63, 3.8) is 0 Å². The molecule has 28 heavy (non-hydrogen) atoms. The van der Waals surface area contributed by atoms with E-state index in [-0.39, 0.29) is 5.91 Å². The molecular weight excluding hydrogens is 372 g/mol. The molecule has 2 aromatic rings. The van der Waals surface area contributed by atoms with E-state index in [4.69, 9.17) is 9.47 Å². The molecule has 1 atom stereocenters. The number of amides is 1. The lowest BCUT2D eigenvalue weighted by Gasteiger charge is -2.21. The second-order valence-corrected chi connectivity index (χ2v) is 7.92. The van der Waals surface area contributed by atoms with E-state index in [0.29, 0.717) is 18.8 Å². The predicted molar refractivity (Wildman–Crippen MR) is 114 cm³/mol. The minimum absolute atomic E-state index is 0.129. The lowest BCUT2D eigenvalue weighted by molar-refractivity contribution is -0.885. The fraction of sp³-hybridized carbons (Fsp3) is 0.409. The molecule has 1 unspecified atom stereocenters. The summed E-state index contributed by atoms with van der Waals surface area (Å²) in [7, 11) is 7.17. The number of thioether (sulfide) groups is 1. The van der Waals surface area contributed by atoms with Gasteiger partial charge in [-0.15, -0.1) is 11.8 Å². The average Bonchev–Trinajstić information content (AvgIpc) is 2.69. The first kappa shape index (κ1) is 22.1. The van der Waals surface area contributed by atoms with Crippen molar-refractivity contribution in [1.29, 1.82) is 0 Å². The van der Waals surface area contributed by atoms with Crippen LogP contribution in [0.15, 0.2) is 41.3 Å². The zero-order valence-electron chi connectivity index (χ0n) is 17.7. The van der Waals surface area contributed by atoms with Crippen LogP contribution < -0.4 is 14.4 Å². The highest BCUT2D eigenvalue weighted by atomic mass is 32.2. The van der Waals surface area contributed by atoms with Gasteiger partial charge in [0.25, 0.3) is 5.91 Å². The number of hydrogen-bond acceptors (Lipinski definition) is 4. The van der Waals surface area contributed by atoms with Gasteiger partial charge in [0.1, 0.15) is 6.54 Å². The largest absolute Gasteiger partial charge is 0.493 e. The van der Waals surface area contributed by atoms with Crippen LogP contribution in [0.4, 0.5) is 0 Å². The summed E-state index contributed by atoms with van der Waals surface area (Å²) in [6.07, 6.45) is 2.06. The Hall–Kier alpha value is -2.18. The van der Waals surface area contributed by atoms with Gasteiger partial charge in [-0.1, -0.05) is 12.1 Å². The number of nitrogens with zero attached hydrogens (tertiary/aromatic N) is 1. The Morgan fingerprint density at radius 3 is 2.29 bits per heavy atom. The molecule has 0 saturated heterocycles. The Morgan fingerprint density at radius 2 is 1.71 bits per heavy atom. The fourth-order valence-electron chi connectivity index (χ4n) is 3.09. The fourth-order valence-corrected chi connectivity index (χ4v) is 3.50. The van der Waals surface area contributed by atoms with Crippen molar-refractivity contribution in [3.8, 4) is 11.5 Å². The van der Waals surface area contributed by atoms with E-state index in [1.807, 2.05) is 26.2 Å². The number of ether oxygens (including phenoxy) is 2. The quantitative estimate of drug-likeness (QED) is 0.653. The van der Waals surface area contributed by atoms with Gasteiger partial charge in [-0.3, -0.25) is 4.79 Å². The van der Waals surface area contributed by atoms with Crippen LogP contribution in [0.1, 0.15) is 16.7 Å². The third-order valence-corrected chi connectivity index (χ3v) is 5.54. The highest BCUT2D eigenvalue weighted by molar-refractivity contribution is 7.98. The number of carbonyl (C=O) groups is 1. The van der Waals surface area contributed by atoms with E-state index in [2.05, 4.69) is 37.4 Å². The maximum atomic E-state index is 12.6. The van der Waals surface area contributed by atoms with Gasteiger partial charge in [0, 0.05) is 24.1 Å². The standard InChI is InChI=1S/C22H30N2O3S/c1-16-11-20(26-4)21(27-5)12-18(16)14-23(2)15-22(25)24(3)13-17-7-9-19(28-6)10-8-17/h7-12H,13-15H2,1-6H3/p+1. The highest BCUT2D eigenvalue weighted by Crippen LogP contribution is 2.29. The van der Waals surface area contributed by atoms with E-state index in [1.165, 1.54) is 4.90 Å². The first-order valence-corrected chi connectivity index (χ1v) is 10.5. The third kappa shape index (κ3) is 5.91. The molecular formula is C22H31N2O3S+. The molecule has 0 aromatic heterocycles. The summed E-state index contributed by atoms with van der Waals surface area (Å²) < 4.78 is 10.8. The van der Waals surface area contributed by atoms with E-state index in [0.717, 1.165) is 33.9 Å². The Kier molecular flexibility index (Phi) is 8.20. The number of hydrogen-bond donors (Lipinski definition) is 1. The molecule has 0 radical (unpaired) electrons. The molecule has 1 N–H and O–H groups in total. The van der Waals surface area contributed by atoms with Gasteiger partial charge in [0.2, 0.25) is 0 Å². The summed E-state index contributed by atoms with van der Waals surface area (Å²) >= 11 is 1.72. The number of aryl methyl sites for hydroxylation is 1. The Labute approximate surface area is 172 Å². The van der Waals surface area contributed by atoms with Crippen LogP contribution in [0.25, 0.3) is 0 Å². The van der Waals surface area contributed by atoms with E-state index < -0.39 is 0 Å². The number of methoxy groups -OCH3 is 2. The predicted octanol–water partition coefficient (Wildman–Crippen LogP) is 2.41. The molecule has 0 aliphatic heterocycles. The number of quaternary nitrogens is 1. The number of benzene rings is 2. The van der Waals surface area contributed by atoms with Crippen molar-refractivity contribution in [1.82, 2.24) is 4.90 Å². The molecule has 0 aliphatic carbocycles. The van der Waals surface area contributed by atoms with Crippen molar-refractivity contribution in [2.75, 3.05) is 41.1 Å². The molecule has 1 amide bonds. The van der Waals surface area contributed by atoms with Gasteiger partial charge >= 0.3 is 0 Å². The monoisotopic (exact) mass is 403 g/mol. The minimum atomic E-state index is 0.129. The molecule has 0 saturated carbocycles. The molecule has 152 valence electrons. The maximum absolute atomic E-state index is 12.6. The molecule has 2 rings (SSSR count). The van der Waals surface area contributed by atoms with Crippen LogP contribution in [-0.4, -0.2) is 51.9 Å². The van der Waals surface area contributed by atoms with Gasteiger partial charge in [-0.2, -0.15) is 0 Å². The first-order valence-electron chi connectivity index (χ1n) is 9.27. The molecule has 2 aromatic carbocycles. The average molecular weight is 404 g/mol. The summed E-state index contributed by atoms with van der Waals surface area (Å²) in [6, 6.07) is 12.3. The number of rotatable bonds is 9. The number of likely N-dealkylation sites (N-methyl/N-ethyl adjacent to an activating group) is 2. The van der Waals surface area contributed by atoms with Crippen molar-refractivity contribution >= 4 is 17.7 Å². The van der Waals surface area contributed by atoms with Crippen LogP contribution in [0, 0.1) is 6.92 Å². The Morgan fingerprint density at radius 1 is 1.11 bits per heavy atom. The normalized spacial score (nSPS) is 11.8. The van der Waals surface area contributed by atoms with Crippen LogP contribution in [0.5, 0.6) is 11.5 Å². The van der Waals surface area contributed by atoms with Crippen molar-refractivity contribution in [2.24, 2.45) is 0 Å². The van der Waals surface area contributed by atoms with Gasteiger partial charge in [0.15, 0.2) is 18.0 Å². The van der Waals surface area contributed by atoms with Crippen molar-refractivity contribution in [3.05, 3.63) is 53.1 Å². The molecule has 0 heterocycles. The van der Waals surface area contributed by atoms with Crippen LogP contribution in [0.2, 0.25) is 0 Å². The zero-order chi connectivity index (χ0) is 20.7. The summed E-state index contributed by atoms with van der Waals surface area (Å²) in [6.45, 7) is 3.86. The maximum Gasteiger partial charge on any atom is 0.277 e. The topological polar surface area (TPSA) is 43.2 Å². The van der Waals surface area contributed by atoms with Gasteiger partial charge < -0.3 is 19.3 Å². The van der Waals surface area contributed by atoms with Crippen LogP contribution in [0.3, 0.4) is 0 Å². The van der Waals surface area contributed by atoms with E-state index >= 15 is 0 Å². The van der Waals surface area contributed by atoms with Gasteiger partial charge in [0.05, 0.1) is 21.3 Å². The molecule has 6 heteroatoms. The lowest BCUT2D eigenvalue weighted by atomic mass is 10.1. The molecule has 0 bridgehead atoms. The zero-order valence-corrected chi connectivity index (χ0v) is 18.5. The van der Waals surface area contributed by atoms with Crippen LogP contribution >= 0.6 is 11.8 Å². The molecule has 5 nitrogen and oxygen atoms in total. The smallest absolute Gasteiger partial charge is 0.277 e. The summed E-state index contributed by atoms with van der Waals surface area (Å²) in [5.74, 6) is 1.57.